The molecule has 1 aromatic heterocycles. The Labute approximate surface area is 101 Å². The van der Waals surface area contributed by atoms with Gasteiger partial charge in [0.25, 0.3) is 0 Å². The molecular weight excluding hydrogens is 212 g/mol. The number of nitrogens with one attached hydrogen (secondary N) is 1. The van der Waals surface area contributed by atoms with E-state index in [1.54, 1.807) is 6.20 Å². The van der Waals surface area contributed by atoms with Crippen molar-refractivity contribution in [2.45, 2.75) is 13.1 Å². The van der Waals surface area contributed by atoms with Gasteiger partial charge in [0.15, 0.2) is 0 Å². The van der Waals surface area contributed by atoms with Crippen LogP contribution >= 0.6 is 0 Å². The monoisotopic (exact) mass is 226 g/mol. The molecule has 0 radical (unpaired) electrons. The summed E-state index contributed by atoms with van der Waals surface area (Å²) in [6.45, 7) is 2.63. The van der Waals surface area contributed by atoms with Gasteiger partial charge < -0.3 is 9.88 Å². The maximum absolute atomic E-state index is 8.67. The van der Waals surface area contributed by atoms with E-state index in [0.29, 0.717) is 5.56 Å². The molecule has 17 heavy (non-hydrogen) atoms. The molecule has 4 nitrogen and oxygen atoms in total. The fraction of sp³-hybridized carbons (Fsp3) is 0.231. The summed E-state index contributed by atoms with van der Waals surface area (Å²) in [5, 5.41) is 12.0. The first-order chi connectivity index (χ1) is 8.38. The summed E-state index contributed by atoms with van der Waals surface area (Å²) in [6.07, 6.45) is 5.54. The standard InChI is InChI=1S/C13H14N4/c14-9-12-1-3-13(4-2-12)10-15-5-7-17-8-6-16-11-17/h1-4,6,8,11,15H,5,7,10H2. The summed E-state index contributed by atoms with van der Waals surface area (Å²) < 4.78 is 2.03. The lowest BCUT2D eigenvalue weighted by molar-refractivity contribution is 0.597. The van der Waals surface area contributed by atoms with Crippen molar-refractivity contribution in [1.82, 2.24) is 14.9 Å². The number of nitriles is 1. The van der Waals surface area contributed by atoms with E-state index < -0.39 is 0 Å². The van der Waals surface area contributed by atoms with E-state index in [0.717, 1.165) is 19.6 Å². The molecule has 1 aromatic carbocycles. The first kappa shape index (κ1) is 11.4. The first-order valence-corrected chi connectivity index (χ1v) is 5.54. The van der Waals surface area contributed by atoms with Crippen molar-refractivity contribution in [1.29, 1.82) is 5.26 Å². The van der Waals surface area contributed by atoms with Gasteiger partial charge in [0, 0.05) is 32.0 Å². The van der Waals surface area contributed by atoms with E-state index in [2.05, 4.69) is 16.4 Å². The van der Waals surface area contributed by atoms with E-state index in [4.69, 9.17) is 5.26 Å². The van der Waals surface area contributed by atoms with Crippen LogP contribution in [0.3, 0.4) is 0 Å². The molecule has 2 aromatic rings. The van der Waals surface area contributed by atoms with Crippen LogP contribution in [0, 0.1) is 11.3 Å². The Bertz CT molecular complexity index is 479. The van der Waals surface area contributed by atoms with Crippen molar-refractivity contribution in [3.63, 3.8) is 0 Å². The normalized spacial score (nSPS) is 10.1. The summed E-state index contributed by atoms with van der Waals surface area (Å²) in [5.74, 6) is 0. The number of rotatable bonds is 5. The molecule has 0 amide bonds. The van der Waals surface area contributed by atoms with Crippen molar-refractivity contribution >= 4 is 0 Å². The van der Waals surface area contributed by atoms with Gasteiger partial charge in [-0.15, -0.1) is 0 Å². The van der Waals surface area contributed by atoms with Crippen LogP contribution in [0.25, 0.3) is 0 Å². The number of aromatic nitrogens is 2. The number of imidazole rings is 1. The molecule has 2 rings (SSSR count). The lowest BCUT2D eigenvalue weighted by atomic mass is 10.1. The van der Waals surface area contributed by atoms with Gasteiger partial charge in [0.05, 0.1) is 18.0 Å². The lowest BCUT2D eigenvalue weighted by Gasteiger charge is -2.05. The Morgan fingerprint density at radius 2 is 2.12 bits per heavy atom. The fourth-order valence-corrected chi connectivity index (χ4v) is 1.56. The molecule has 0 saturated carbocycles. The topological polar surface area (TPSA) is 53.6 Å². The third-order valence-electron chi connectivity index (χ3n) is 2.52. The molecule has 0 aliphatic rings. The third-order valence-corrected chi connectivity index (χ3v) is 2.52. The second-order valence-corrected chi connectivity index (χ2v) is 3.79. The van der Waals surface area contributed by atoms with Gasteiger partial charge in [0.2, 0.25) is 0 Å². The summed E-state index contributed by atoms with van der Waals surface area (Å²) in [7, 11) is 0. The molecule has 4 heteroatoms. The van der Waals surface area contributed by atoms with Gasteiger partial charge >= 0.3 is 0 Å². The molecule has 0 saturated heterocycles. The second kappa shape index (κ2) is 5.83. The molecule has 0 atom stereocenters. The van der Waals surface area contributed by atoms with Gasteiger partial charge in [0.1, 0.15) is 0 Å². The zero-order valence-electron chi connectivity index (χ0n) is 9.50. The minimum atomic E-state index is 0.701. The van der Waals surface area contributed by atoms with Gasteiger partial charge in [-0.05, 0) is 17.7 Å². The molecule has 0 fully saturated rings. The Morgan fingerprint density at radius 3 is 2.76 bits per heavy atom. The highest BCUT2D eigenvalue weighted by atomic mass is 15.0. The molecule has 0 spiro atoms. The number of hydrogen-bond donors (Lipinski definition) is 1. The van der Waals surface area contributed by atoms with E-state index >= 15 is 0 Å². The molecule has 0 unspecified atom stereocenters. The predicted octanol–water partition coefficient (Wildman–Crippen LogP) is 1.54. The van der Waals surface area contributed by atoms with Gasteiger partial charge in [-0.1, -0.05) is 12.1 Å². The van der Waals surface area contributed by atoms with Crippen molar-refractivity contribution in [2.24, 2.45) is 0 Å². The fourth-order valence-electron chi connectivity index (χ4n) is 1.56. The molecule has 0 aliphatic carbocycles. The van der Waals surface area contributed by atoms with Crippen molar-refractivity contribution in [2.75, 3.05) is 6.54 Å². The van der Waals surface area contributed by atoms with E-state index in [-0.39, 0.29) is 0 Å². The Balaban J connectivity index is 1.73. The zero-order valence-corrected chi connectivity index (χ0v) is 9.50. The van der Waals surface area contributed by atoms with Gasteiger partial charge in [-0.25, -0.2) is 4.98 Å². The lowest BCUT2D eigenvalue weighted by Crippen LogP contribution is -2.18. The maximum atomic E-state index is 8.67. The number of benzene rings is 1. The highest BCUT2D eigenvalue weighted by molar-refractivity contribution is 5.31. The molecule has 1 heterocycles. The average molecular weight is 226 g/mol. The Morgan fingerprint density at radius 1 is 1.29 bits per heavy atom. The second-order valence-electron chi connectivity index (χ2n) is 3.79. The van der Waals surface area contributed by atoms with Crippen LogP contribution < -0.4 is 5.32 Å². The molecular formula is C13H14N4. The van der Waals surface area contributed by atoms with Crippen LogP contribution in [0.5, 0.6) is 0 Å². The summed E-state index contributed by atoms with van der Waals surface area (Å²) in [5.41, 5.74) is 1.89. The molecule has 86 valence electrons. The highest BCUT2D eigenvalue weighted by Crippen LogP contribution is 2.02. The number of hydrogen-bond acceptors (Lipinski definition) is 3. The Kier molecular flexibility index (Phi) is 3.90. The van der Waals surface area contributed by atoms with Crippen LogP contribution in [0.2, 0.25) is 0 Å². The van der Waals surface area contributed by atoms with Crippen LogP contribution in [-0.2, 0) is 13.1 Å². The van der Waals surface area contributed by atoms with Crippen LogP contribution in [0.1, 0.15) is 11.1 Å². The summed E-state index contributed by atoms with van der Waals surface area (Å²) >= 11 is 0. The van der Waals surface area contributed by atoms with E-state index in [1.807, 2.05) is 41.4 Å². The van der Waals surface area contributed by atoms with Crippen LogP contribution in [-0.4, -0.2) is 16.1 Å². The minimum Gasteiger partial charge on any atom is -0.336 e. The summed E-state index contributed by atoms with van der Waals surface area (Å²) in [6, 6.07) is 9.74. The van der Waals surface area contributed by atoms with Gasteiger partial charge in [-0.3, -0.25) is 0 Å². The van der Waals surface area contributed by atoms with E-state index in [1.165, 1.54) is 5.56 Å². The molecule has 1 N–H and O–H groups in total. The van der Waals surface area contributed by atoms with Crippen LogP contribution in [0.15, 0.2) is 43.0 Å². The SMILES string of the molecule is N#Cc1ccc(CNCCn2ccnc2)cc1. The molecule has 0 bridgehead atoms. The van der Waals surface area contributed by atoms with Gasteiger partial charge in [-0.2, -0.15) is 5.26 Å². The van der Waals surface area contributed by atoms with Crippen molar-refractivity contribution in [3.05, 3.63) is 54.1 Å². The maximum Gasteiger partial charge on any atom is 0.0991 e. The summed E-state index contributed by atoms with van der Waals surface area (Å²) in [4.78, 5) is 3.98. The zero-order chi connectivity index (χ0) is 11.9. The smallest absolute Gasteiger partial charge is 0.0991 e. The van der Waals surface area contributed by atoms with E-state index in [9.17, 15) is 0 Å². The quantitative estimate of drug-likeness (QED) is 0.787. The largest absolute Gasteiger partial charge is 0.336 e. The minimum absolute atomic E-state index is 0.701. The predicted molar refractivity (Wildman–Crippen MR) is 65.1 cm³/mol. The first-order valence-electron chi connectivity index (χ1n) is 5.54. The van der Waals surface area contributed by atoms with Crippen molar-refractivity contribution in [3.8, 4) is 6.07 Å². The number of nitrogens with zero attached hydrogens (tertiary/aromatic N) is 3. The highest BCUT2D eigenvalue weighted by Gasteiger charge is 1.94. The molecule has 0 aliphatic heterocycles. The van der Waals surface area contributed by atoms with Crippen LogP contribution in [0.4, 0.5) is 0 Å². The van der Waals surface area contributed by atoms with Crippen molar-refractivity contribution < 1.29 is 0 Å². The third kappa shape index (κ3) is 3.44. The average Bonchev–Trinajstić information content (AvgIpc) is 2.88. The Hall–Kier alpha value is -2.12.